The Morgan fingerprint density at radius 3 is 2.52 bits per heavy atom. The van der Waals surface area contributed by atoms with Crippen molar-refractivity contribution in [3.05, 3.63) is 27.5 Å². The normalized spacial score (nSPS) is 14.5. The molecule has 2 atom stereocenters. The molecule has 0 saturated heterocycles. The number of methoxy groups -OCH3 is 1. The molecule has 2 rings (SSSR count). The van der Waals surface area contributed by atoms with Gasteiger partial charge in [-0.1, -0.05) is 26.8 Å². The van der Waals surface area contributed by atoms with Crippen molar-refractivity contribution in [1.82, 2.24) is 9.97 Å². The number of thiazole rings is 2. The molecule has 0 saturated carbocycles. The van der Waals surface area contributed by atoms with E-state index in [4.69, 9.17) is 4.74 Å². The molecule has 0 aromatic carbocycles. The smallest absolute Gasteiger partial charge is 0.143 e. The zero-order valence-electron chi connectivity index (χ0n) is 14.1. The standard InChI is InChI=1S/C17H22N2O2S2/c1-10(2)16-19-14(9-23-16)17-18-13(8-22-17)6-7-15(21-5)11(3)12(4)20/h6-11,15H,1-5H3/b7-6+/t11-,15-/m1/s1. The van der Waals surface area contributed by atoms with Gasteiger partial charge in [0.2, 0.25) is 0 Å². The van der Waals surface area contributed by atoms with E-state index in [0.29, 0.717) is 5.92 Å². The first kappa shape index (κ1) is 18.0. The zero-order valence-corrected chi connectivity index (χ0v) is 15.7. The SMILES string of the molecule is CO[C@H](/C=C/c1csc(-c2csc(C(C)C)n2)n1)[C@H](C)C(C)=O. The summed E-state index contributed by atoms with van der Waals surface area (Å²) in [4.78, 5) is 20.7. The third kappa shape index (κ3) is 4.56. The molecule has 0 spiro atoms. The van der Waals surface area contributed by atoms with E-state index >= 15 is 0 Å². The molecule has 6 heteroatoms. The predicted molar refractivity (Wildman–Crippen MR) is 97.0 cm³/mol. The van der Waals surface area contributed by atoms with E-state index in [-0.39, 0.29) is 17.8 Å². The Labute approximate surface area is 145 Å². The Hall–Kier alpha value is -1.37. The highest BCUT2D eigenvalue weighted by atomic mass is 32.1. The van der Waals surface area contributed by atoms with Crippen molar-refractivity contribution < 1.29 is 9.53 Å². The van der Waals surface area contributed by atoms with Gasteiger partial charge in [0.25, 0.3) is 0 Å². The number of Topliss-reactive ketones (excluding diaryl/α,β-unsaturated/α-hetero) is 1. The second kappa shape index (κ2) is 7.95. The average Bonchev–Trinajstić information content (AvgIpc) is 3.16. The summed E-state index contributed by atoms with van der Waals surface area (Å²) >= 11 is 3.25. The summed E-state index contributed by atoms with van der Waals surface area (Å²) in [6.45, 7) is 7.73. The van der Waals surface area contributed by atoms with Crippen molar-refractivity contribution in [2.24, 2.45) is 5.92 Å². The van der Waals surface area contributed by atoms with Gasteiger partial charge >= 0.3 is 0 Å². The lowest BCUT2D eigenvalue weighted by atomic mass is 10.00. The van der Waals surface area contributed by atoms with E-state index in [1.165, 1.54) is 0 Å². The maximum absolute atomic E-state index is 11.5. The van der Waals surface area contributed by atoms with E-state index in [0.717, 1.165) is 21.4 Å². The molecule has 124 valence electrons. The molecule has 0 amide bonds. The van der Waals surface area contributed by atoms with Gasteiger partial charge in [-0.15, -0.1) is 22.7 Å². The molecular weight excluding hydrogens is 328 g/mol. The first-order valence-electron chi connectivity index (χ1n) is 7.55. The molecule has 0 fully saturated rings. The van der Waals surface area contributed by atoms with E-state index in [2.05, 4.69) is 29.2 Å². The third-order valence-corrected chi connectivity index (χ3v) is 5.65. The number of carbonyl (C=O) groups is 1. The molecule has 4 nitrogen and oxygen atoms in total. The van der Waals surface area contributed by atoms with Gasteiger partial charge in [-0.05, 0) is 13.0 Å². The van der Waals surface area contributed by atoms with Crippen LogP contribution in [0, 0.1) is 5.92 Å². The molecule has 0 N–H and O–H groups in total. The van der Waals surface area contributed by atoms with Crippen LogP contribution in [0.2, 0.25) is 0 Å². The summed E-state index contributed by atoms with van der Waals surface area (Å²) in [7, 11) is 1.61. The minimum Gasteiger partial charge on any atom is -0.377 e. The molecule has 0 bridgehead atoms. The van der Waals surface area contributed by atoms with E-state index in [9.17, 15) is 4.79 Å². The maximum atomic E-state index is 11.5. The summed E-state index contributed by atoms with van der Waals surface area (Å²) in [5, 5.41) is 6.09. The highest BCUT2D eigenvalue weighted by Crippen LogP contribution is 2.28. The monoisotopic (exact) mass is 350 g/mol. The minimum absolute atomic E-state index is 0.115. The van der Waals surface area contributed by atoms with Gasteiger partial charge in [0.15, 0.2) is 0 Å². The van der Waals surface area contributed by atoms with Crippen LogP contribution in [0.4, 0.5) is 0 Å². The van der Waals surface area contributed by atoms with Crippen LogP contribution >= 0.6 is 22.7 Å². The molecule has 2 heterocycles. The van der Waals surface area contributed by atoms with Crippen LogP contribution in [-0.4, -0.2) is 29.0 Å². The highest BCUT2D eigenvalue weighted by molar-refractivity contribution is 7.14. The summed E-state index contributed by atoms with van der Waals surface area (Å²) < 4.78 is 5.37. The fourth-order valence-electron chi connectivity index (χ4n) is 2.01. The zero-order chi connectivity index (χ0) is 17.0. The molecule has 2 aromatic rings. The quantitative estimate of drug-likeness (QED) is 0.730. The lowest BCUT2D eigenvalue weighted by molar-refractivity contribution is -0.123. The van der Waals surface area contributed by atoms with E-state index < -0.39 is 0 Å². The summed E-state index contributed by atoms with van der Waals surface area (Å²) in [5.74, 6) is 0.384. The summed E-state index contributed by atoms with van der Waals surface area (Å²) in [6.07, 6.45) is 3.57. The molecule has 0 radical (unpaired) electrons. The van der Waals surface area contributed by atoms with Gasteiger partial charge in [-0.3, -0.25) is 4.79 Å². The number of carbonyl (C=O) groups excluding carboxylic acids is 1. The van der Waals surface area contributed by atoms with Crippen molar-refractivity contribution in [1.29, 1.82) is 0 Å². The van der Waals surface area contributed by atoms with Gasteiger partial charge in [0.05, 0.1) is 16.8 Å². The number of nitrogens with zero attached hydrogens (tertiary/aromatic N) is 2. The largest absolute Gasteiger partial charge is 0.377 e. The second-order valence-corrected chi connectivity index (χ2v) is 7.51. The van der Waals surface area contributed by atoms with E-state index in [1.807, 2.05) is 24.5 Å². The lowest BCUT2D eigenvalue weighted by Gasteiger charge is -2.16. The Bertz CT molecular complexity index is 688. The van der Waals surface area contributed by atoms with Crippen LogP contribution in [0.5, 0.6) is 0 Å². The fourth-order valence-corrected chi connectivity index (χ4v) is 3.65. The number of ether oxygens (including phenoxy) is 1. The van der Waals surface area contributed by atoms with Gasteiger partial charge in [-0.2, -0.15) is 0 Å². The van der Waals surface area contributed by atoms with Gasteiger partial charge in [0, 0.05) is 29.7 Å². The Morgan fingerprint density at radius 1 is 1.22 bits per heavy atom. The summed E-state index contributed by atoms with van der Waals surface area (Å²) in [5.41, 5.74) is 1.80. The number of ketones is 1. The van der Waals surface area contributed by atoms with Crippen molar-refractivity contribution in [2.45, 2.75) is 39.7 Å². The van der Waals surface area contributed by atoms with Gasteiger partial charge < -0.3 is 4.74 Å². The van der Waals surface area contributed by atoms with Gasteiger partial charge in [0.1, 0.15) is 16.5 Å². The third-order valence-electron chi connectivity index (χ3n) is 3.62. The first-order valence-corrected chi connectivity index (χ1v) is 9.31. The maximum Gasteiger partial charge on any atom is 0.143 e. The molecular formula is C17H22N2O2S2. The number of rotatable bonds is 7. The van der Waals surface area contributed by atoms with Crippen LogP contribution < -0.4 is 0 Å². The van der Waals surface area contributed by atoms with Crippen molar-refractivity contribution >= 4 is 34.5 Å². The lowest BCUT2D eigenvalue weighted by Crippen LogP contribution is -2.23. The second-order valence-electron chi connectivity index (χ2n) is 5.76. The van der Waals surface area contributed by atoms with E-state index in [1.54, 1.807) is 36.7 Å². The Morgan fingerprint density at radius 2 is 1.96 bits per heavy atom. The average molecular weight is 351 g/mol. The van der Waals surface area contributed by atoms with Crippen LogP contribution in [0.3, 0.4) is 0 Å². The van der Waals surface area contributed by atoms with Crippen molar-refractivity contribution in [3.8, 4) is 10.7 Å². The molecule has 23 heavy (non-hydrogen) atoms. The first-order chi connectivity index (χ1) is 10.9. The number of hydrogen-bond donors (Lipinski definition) is 0. The molecule has 0 unspecified atom stereocenters. The van der Waals surface area contributed by atoms with Crippen LogP contribution in [-0.2, 0) is 9.53 Å². The van der Waals surface area contributed by atoms with Crippen LogP contribution in [0.15, 0.2) is 16.8 Å². The topological polar surface area (TPSA) is 52.1 Å². The molecule has 0 aliphatic rings. The van der Waals surface area contributed by atoms with Crippen molar-refractivity contribution in [2.75, 3.05) is 7.11 Å². The fraction of sp³-hybridized carbons (Fsp3) is 0.471. The van der Waals surface area contributed by atoms with Crippen LogP contribution in [0.25, 0.3) is 16.8 Å². The Balaban J connectivity index is 2.12. The minimum atomic E-state index is -0.232. The van der Waals surface area contributed by atoms with Crippen LogP contribution in [0.1, 0.15) is 44.3 Å². The summed E-state index contributed by atoms with van der Waals surface area (Å²) in [6, 6.07) is 0. The molecule has 2 aromatic heterocycles. The van der Waals surface area contributed by atoms with Crippen molar-refractivity contribution in [3.63, 3.8) is 0 Å². The number of aromatic nitrogens is 2. The molecule has 0 aliphatic heterocycles. The number of hydrogen-bond acceptors (Lipinski definition) is 6. The Kier molecular flexibility index (Phi) is 6.21. The van der Waals surface area contributed by atoms with Gasteiger partial charge in [-0.25, -0.2) is 9.97 Å². The highest BCUT2D eigenvalue weighted by Gasteiger charge is 2.18. The predicted octanol–water partition coefficient (Wildman–Crippen LogP) is 4.64. The molecule has 0 aliphatic carbocycles.